The highest BCUT2D eigenvalue weighted by molar-refractivity contribution is 9.10. The van der Waals surface area contributed by atoms with Gasteiger partial charge in [-0.3, -0.25) is 4.79 Å². The van der Waals surface area contributed by atoms with E-state index in [1.54, 1.807) is 0 Å². The second kappa shape index (κ2) is 6.45. The maximum absolute atomic E-state index is 11.2. The SMILES string of the molecule is COC(=O)[C@H](N)c1cc(C#N)cc(Br)c1O.Cl. The summed E-state index contributed by atoms with van der Waals surface area (Å²) in [5, 5.41) is 18.4. The van der Waals surface area contributed by atoms with Crippen molar-refractivity contribution in [1.82, 2.24) is 0 Å². The van der Waals surface area contributed by atoms with E-state index in [0.29, 0.717) is 10.0 Å². The number of nitrogens with two attached hydrogens (primary N) is 1. The molecule has 0 aliphatic carbocycles. The maximum Gasteiger partial charge on any atom is 0.327 e. The van der Waals surface area contributed by atoms with E-state index in [1.807, 2.05) is 6.07 Å². The molecule has 1 rings (SSSR count). The van der Waals surface area contributed by atoms with E-state index in [1.165, 1.54) is 19.2 Å². The molecule has 3 N–H and O–H groups in total. The summed E-state index contributed by atoms with van der Waals surface area (Å²) >= 11 is 3.07. The molecule has 17 heavy (non-hydrogen) atoms. The number of esters is 1. The van der Waals surface area contributed by atoms with E-state index in [0.717, 1.165) is 0 Å². The van der Waals surface area contributed by atoms with Crippen LogP contribution >= 0.6 is 28.3 Å². The average Bonchev–Trinajstić information content (AvgIpc) is 2.30. The van der Waals surface area contributed by atoms with E-state index in [2.05, 4.69) is 20.7 Å². The average molecular weight is 322 g/mol. The lowest BCUT2D eigenvalue weighted by Crippen LogP contribution is -2.22. The molecule has 7 heteroatoms. The molecule has 0 unspecified atom stereocenters. The first-order valence-electron chi connectivity index (χ1n) is 4.27. The molecule has 0 saturated carbocycles. The first kappa shape index (κ1) is 15.7. The lowest BCUT2D eigenvalue weighted by molar-refractivity contribution is -0.142. The molecule has 0 fully saturated rings. The number of aromatic hydroxyl groups is 1. The molecule has 0 aliphatic heterocycles. The molecule has 0 radical (unpaired) electrons. The molecule has 0 aliphatic rings. The molecule has 0 spiro atoms. The van der Waals surface area contributed by atoms with Crippen molar-refractivity contribution in [3.8, 4) is 11.8 Å². The number of rotatable bonds is 2. The number of halogens is 2. The van der Waals surface area contributed by atoms with Crippen LogP contribution in [0.5, 0.6) is 5.75 Å². The van der Waals surface area contributed by atoms with Crippen molar-refractivity contribution in [3.05, 3.63) is 27.7 Å². The minimum Gasteiger partial charge on any atom is -0.506 e. The minimum atomic E-state index is -1.12. The summed E-state index contributed by atoms with van der Waals surface area (Å²) in [7, 11) is 1.20. The van der Waals surface area contributed by atoms with Gasteiger partial charge in [-0.05, 0) is 28.1 Å². The maximum atomic E-state index is 11.2. The Morgan fingerprint density at radius 2 is 2.24 bits per heavy atom. The van der Waals surface area contributed by atoms with Crippen LogP contribution in [0.3, 0.4) is 0 Å². The standard InChI is InChI=1S/C10H9BrN2O3.ClH/c1-16-10(15)8(13)6-2-5(4-12)3-7(11)9(6)14;/h2-3,8,14H,13H2,1H3;1H/t8-;/m1./s1. The van der Waals surface area contributed by atoms with Crippen LogP contribution in [-0.2, 0) is 9.53 Å². The smallest absolute Gasteiger partial charge is 0.327 e. The molecule has 1 aromatic rings. The van der Waals surface area contributed by atoms with Gasteiger partial charge in [-0.15, -0.1) is 12.4 Å². The number of phenols is 1. The largest absolute Gasteiger partial charge is 0.506 e. The third-order valence-electron chi connectivity index (χ3n) is 2.01. The first-order chi connectivity index (χ1) is 7.51. The van der Waals surface area contributed by atoms with Crippen molar-refractivity contribution in [2.45, 2.75) is 6.04 Å². The summed E-state index contributed by atoms with van der Waals surface area (Å²) in [6.45, 7) is 0. The predicted molar refractivity (Wildman–Crippen MR) is 66.7 cm³/mol. The Kier molecular flexibility index (Phi) is 5.96. The van der Waals surface area contributed by atoms with Crippen LogP contribution in [0.25, 0.3) is 0 Å². The number of phenolic OH excluding ortho intramolecular Hbond substituents is 1. The second-order valence-electron chi connectivity index (χ2n) is 3.01. The monoisotopic (exact) mass is 320 g/mol. The number of nitriles is 1. The zero-order valence-corrected chi connectivity index (χ0v) is 11.2. The number of benzene rings is 1. The summed E-state index contributed by atoms with van der Waals surface area (Å²) in [5.41, 5.74) is 6.02. The van der Waals surface area contributed by atoms with Gasteiger partial charge in [-0.2, -0.15) is 5.26 Å². The van der Waals surface area contributed by atoms with Crippen LogP contribution in [0.1, 0.15) is 17.2 Å². The zero-order valence-electron chi connectivity index (χ0n) is 8.81. The number of hydrogen-bond acceptors (Lipinski definition) is 5. The van der Waals surface area contributed by atoms with Crippen LogP contribution in [0.2, 0.25) is 0 Å². The fraction of sp³-hybridized carbons (Fsp3) is 0.200. The lowest BCUT2D eigenvalue weighted by atomic mass is 10.0. The fourth-order valence-electron chi connectivity index (χ4n) is 1.18. The highest BCUT2D eigenvalue weighted by Gasteiger charge is 2.21. The molecule has 0 heterocycles. The number of nitrogens with zero attached hydrogens (tertiary/aromatic N) is 1. The van der Waals surface area contributed by atoms with Gasteiger partial charge in [0.25, 0.3) is 0 Å². The highest BCUT2D eigenvalue weighted by Crippen LogP contribution is 2.32. The van der Waals surface area contributed by atoms with Crippen LogP contribution in [-0.4, -0.2) is 18.2 Å². The number of hydrogen-bond donors (Lipinski definition) is 2. The van der Waals surface area contributed by atoms with Crippen LogP contribution in [0.4, 0.5) is 0 Å². The van der Waals surface area contributed by atoms with Crippen molar-refractivity contribution < 1.29 is 14.6 Å². The first-order valence-corrected chi connectivity index (χ1v) is 5.06. The van der Waals surface area contributed by atoms with Crippen molar-refractivity contribution in [3.63, 3.8) is 0 Å². The van der Waals surface area contributed by atoms with E-state index < -0.39 is 12.0 Å². The van der Waals surface area contributed by atoms with Gasteiger partial charge in [0.2, 0.25) is 0 Å². The lowest BCUT2D eigenvalue weighted by Gasteiger charge is -2.12. The Balaban J connectivity index is 0.00000256. The second-order valence-corrected chi connectivity index (χ2v) is 3.86. The van der Waals surface area contributed by atoms with E-state index >= 15 is 0 Å². The fourth-order valence-corrected chi connectivity index (χ4v) is 1.65. The van der Waals surface area contributed by atoms with Crippen LogP contribution in [0, 0.1) is 11.3 Å². The molecule has 0 amide bonds. The Morgan fingerprint density at radius 1 is 1.65 bits per heavy atom. The number of carbonyl (C=O) groups excluding carboxylic acids is 1. The van der Waals surface area contributed by atoms with Crippen molar-refractivity contribution in [2.24, 2.45) is 5.73 Å². The number of methoxy groups -OCH3 is 1. The summed E-state index contributed by atoms with van der Waals surface area (Å²) in [5.74, 6) is -0.853. The van der Waals surface area contributed by atoms with Crippen molar-refractivity contribution >= 4 is 34.3 Å². The van der Waals surface area contributed by atoms with E-state index in [4.69, 9.17) is 11.0 Å². The molecule has 0 aromatic heterocycles. The van der Waals surface area contributed by atoms with E-state index in [9.17, 15) is 9.90 Å². The molecule has 1 aromatic carbocycles. The summed E-state index contributed by atoms with van der Waals surface area (Å²) in [4.78, 5) is 11.2. The molecule has 0 bridgehead atoms. The Bertz CT molecular complexity index is 473. The Morgan fingerprint density at radius 3 is 2.71 bits per heavy atom. The summed E-state index contributed by atoms with van der Waals surface area (Å²) in [6, 6.07) is 3.56. The topological polar surface area (TPSA) is 96.3 Å². The number of carbonyl (C=O) groups is 1. The van der Waals surface area contributed by atoms with Gasteiger partial charge in [-0.25, -0.2) is 0 Å². The van der Waals surface area contributed by atoms with Gasteiger partial charge in [0.15, 0.2) is 0 Å². The van der Waals surface area contributed by atoms with Crippen LogP contribution < -0.4 is 5.73 Å². The molecular formula is C10H10BrClN2O3. The van der Waals surface area contributed by atoms with Gasteiger partial charge in [0.05, 0.1) is 23.2 Å². The van der Waals surface area contributed by atoms with Gasteiger partial charge in [0.1, 0.15) is 11.8 Å². The zero-order chi connectivity index (χ0) is 12.3. The van der Waals surface area contributed by atoms with Crippen molar-refractivity contribution in [1.29, 1.82) is 5.26 Å². The third-order valence-corrected chi connectivity index (χ3v) is 2.62. The molecular weight excluding hydrogens is 311 g/mol. The van der Waals surface area contributed by atoms with Gasteiger partial charge in [-0.1, -0.05) is 0 Å². The predicted octanol–water partition coefficient (Wildman–Crippen LogP) is 1.62. The summed E-state index contributed by atoms with van der Waals surface area (Å²) in [6.07, 6.45) is 0. The quantitative estimate of drug-likeness (QED) is 0.807. The van der Waals surface area contributed by atoms with Crippen LogP contribution in [0.15, 0.2) is 16.6 Å². The third kappa shape index (κ3) is 3.33. The molecule has 92 valence electrons. The number of ether oxygens (including phenoxy) is 1. The highest BCUT2D eigenvalue weighted by atomic mass is 79.9. The molecule has 5 nitrogen and oxygen atoms in total. The Labute approximate surface area is 113 Å². The normalized spacial score (nSPS) is 10.9. The Hall–Kier alpha value is -1.29. The molecule has 1 atom stereocenters. The van der Waals surface area contributed by atoms with Gasteiger partial charge < -0.3 is 15.6 Å². The molecule has 0 saturated heterocycles. The van der Waals surface area contributed by atoms with Gasteiger partial charge >= 0.3 is 5.97 Å². The summed E-state index contributed by atoms with van der Waals surface area (Å²) < 4.78 is 4.77. The van der Waals surface area contributed by atoms with Gasteiger partial charge in [0, 0.05) is 5.56 Å². The van der Waals surface area contributed by atoms with Crippen molar-refractivity contribution in [2.75, 3.05) is 7.11 Å². The van der Waals surface area contributed by atoms with E-state index in [-0.39, 0.29) is 23.7 Å². The minimum absolute atomic E-state index is 0.